The summed E-state index contributed by atoms with van der Waals surface area (Å²) in [6, 6.07) is 0. The molecule has 5 heteroatoms. The van der Waals surface area contributed by atoms with Crippen LogP contribution in [0.3, 0.4) is 0 Å². The molecule has 0 saturated carbocycles. The van der Waals surface area contributed by atoms with E-state index in [4.69, 9.17) is 5.73 Å². The van der Waals surface area contributed by atoms with Gasteiger partial charge in [-0.3, -0.25) is 15.4 Å². The fraction of sp³-hybridized carbons (Fsp3) is 1.00. The Bertz CT molecular complexity index is 95.8. The zero-order valence-electron chi connectivity index (χ0n) is 5.33. The van der Waals surface area contributed by atoms with E-state index < -0.39 is 11.1 Å². The van der Waals surface area contributed by atoms with Gasteiger partial charge in [0, 0.05) is 4.92 Å². The zero-order valence-corrected chi connectivity index (χ0v) is 5.33. The Labute approximate surface area is 53.4 Å². The van der Waals surface area contributed by atoms with Gasteiger partial charge in [0.15, 0.2) is 0 Å². The second-order valence-electron chi connectivity index (χ2n) is 1.68. The van der Waals surface area contributed by atoms with Crippen LogP contribution in [0, 0.1) is 10.1 Å². The van der Waals surface area contributed by atoms with Crippen molar-refractivity contribution >= 4 is 0 Å². The van der Waals surface area contributed by atoms with E-state index in [1.165, 1.54) is 0 Å². The molecule has 0 aromatic carbocycles. The van der Waals surface area contributed by atoms with Gasteiger partial charge in [0.2, 0.25) is 6.54 Å². The van der Waals surface area contributed by atoms with Crippen LogP contribution in [0.1, 0.15) is 6.92 Å². The fourth-order valence-corrected chi connectivity index (χ4v) is 0.487. The minimum Gasteiger partial charge on any atom is -0.310 e. The molecule has 0 aliphatic heterocycles. The van der Waals surface area contributed by atoms with E-state index in [1.54, 1.807) is 0 Å². The van der Waals surface area contributed by atoms with Crippen molar-refractivity contribution < 1.29 is 4.92 Å². The lowest BCUT2D eigenvalue weighted by molar-refractivity contribution is -0.483. The summed E-state index contributed by atoms with van der Waals surface area (Å²) in [5, 5.41) is 12.5. The molecule has 0 aliphatic carbocycles. The minimum atomic E-state index is -0.509. The van der Waals surface area contributed by atoms with Crippen molar-refractivity contribution in [2.45, 2.75) is 13.1 Å². The summed E-state index contributed by atoms with van der Waals surface area (Å²) in [7, 11) is 0. The largest absolute Gasteiger partial charge is 0.310 e. The van der Waals surface area contributed by atoms with Crippen LogP contribution >= 0.6 is 0 Å². The highest BCUT2D eigenvalue weighted by Gasteiger charge is 2.05. The van der Waals surface area contributed by atoms with Crippen molar-refractivity contribution in [3.05, 3.63) is 10.1 Å². The number of rotatable bonds is 4. The Kier molecular flexibility index (Phi) is 3.90. The van der Waals surface area contributed by atoms with E-state index in [0.717, 1.165) is 0 Å². The molecule has 0 aromatic rings. The third-order valence-corrected chi connectivity index (χ3v) is 0.812. The number of hydrogen-bond donors (Lipinski definition) is 2. The first-order valence-electron chi connectivity index (χ1n) is 2.77. The third-order valence-electron chi connectivity index (χ3n) is 0.812. The standard InChI is InChI=1S/C4H11N3O2/c1-2-6-4(5)3-7(8)9/h4,6H,2-3,5H2,1H3. The molecule has 54 valence electrons. The van der Waals surface area contributed by atoms with Gasteiger partial charge in [0.05, 0.1) is 0 Å². The molecule has 0 radical (unpaired) electrons. The highest BCUT2D eigenvalue weighted by atomic mass is 16.6. The van der Waals surface area contributed by atoms with Gasteiger partial charge in [-0.15, -0.1) is 0 Å². The number of nitrogens with one attached hydrogen (secondary N) is 1. The molecule has 1 unspecified atom stereocenters. The topological polar surface area (TPSA) is 81.2 Å². The SMILES string of the molecule is CCNC(N)C[N+](=O)[O-]. The summed E-state index contributed by atoms with van der Waals surface area (Å²) in [4.78, 5) is 9.33. The lowest BCUT2D eigenvalue weighted by Gasteiger charge is -2.05. The Morgan fingerprint density at radius 2 is 2.44 bits per heavy atom. The average molecular weight is 133 g/mol. The third kappa shape index (κ3) is 5.19. The average Bonchev–Trinajstić information content (AvgIpc) is 1.63. The lowest BCUT2D eigenvalue weighted by atomic mass is 10.5. The van der Waals surface area contributed by atoms with Gasteiger partial charge >= 0.3 is 0 Å². The maximum absolute atomic E-state index is 9.77. The smallest absolute Gasteiger partial charge is 0.231 e. The molecular weight excluding hydrogens is 122 g/mol. The molecule has 0 fully saturated rings. The minimum absolute atomic E-state index is 0.214. The molecule has 0 amide bonds. The lowest BCUT2D eigenvalue weighted by Crippen LogP contribution is -2.42. The van der Waals surface area contributed by atoms with Gasteiger partial charge in [-0.25, -0.2) is 0 Å². The Morgan fingerprint density at radius 1 is 1.89 bits per heavy atom. The molecule has 0 saturated heterocycles. The predicted octanol–water partition coefficient (Wildman–Crippen LogP) is -0.843. The van der Waals surface area contributed by atoms with Crippen molar-refractivity contribution in [1.82, 2.24) is 5.32 Å². The summed E-state index contributed by atoms with van der Waals surface area (Å²) in [6.07, 6.45) is -0.509. The molecule has 0 bridgehead atoms. The van der Waals surface area contributed by atoms with E-state index in [2.05, 4.69) is 5.32 Å². The monoisotopic (exact) mass is 133 g/mol. The molecule has 0 aromatic heterocycles. The molecule has 0 aliphatic rings. The van der Waals surface area contributed by atoms with Gasteiger partial charge in [-0.1, -0.05) is 6.92 Å². The predicted molar refractivity (Wildman–Crippen MR) is 33.5 cm³/mol. The van der Waals surface area contributed by atoms with E-state index >= 15 is 0 Å². The second-order valence-corrected chi connectivity index (χ2v) is 1.68. The first-order chi connectivity index (χ1) is 4.16. The molecule has 0 rings (SSSR count). The van der Waals surface area contributed by atoms with Gasteiger partial charge < -0.3 is 5.73 Å². The second kappa shape index (κ2) is 4.22. The van der Waals surface area contributed by atoms with E-state index in [1.807, 2.05) is 6.92 Å². The maximum atomic E-state index is 9.77. The van der Waals surface area contributed by atoms with Crippen LogP contribution < -0.4 is 11.1 Å². The first kappa shape index (κ1) is 8.32. The highest BCUT2D eigenvalue weighted by molar-refractivity contribution is 4.52. The zero-order chi connectivity index (χ0) is 7.28. The van der Waals surface area contributed by atoms with Crippen molar-refractivity contribution in [3.8, 4) is 0 Å². The van der Waals surface area contributed by atoms with Crippen molar-refractivity contribution in [2.24, 2.45) is 5.73 Å². The summed E-state index contributed by atoms with van der Waals surface area (Å²) in [5.74, 6) is 0. The number of hydrogen-bond acceptors (Lipinski definition) is 4. The Hall–Kier alpha value is -0.680. The molecule has 1 atom stereocenters. The highest BCUT2D eigenvalue weighted by Crippen LogP contribution is 1.72. The van der Waals surface area contributed by atoms with Crippen LogP contribution in [-0.2, 0) is 0 Å². The van der Waals surface area contributed by atoms with Crippen LogP contribution in [0.2, 0.25) is 0 Å². The molecular formula is C4H11N3O2. The molecule has 0 spiro atoms. The number of likely N-dealkylation sites (N-methyl/N-ethyl adjacent to an activating group) is 1. The number of nitro groups is 1. The van der Waals surface area contributed by atoms with Crippen LogP contribution in [-0.4, -0.2) is 24.2 Å². The summed E-state index contributed by atoms with van der Waals surface area (Å²) in [5.41, 5.74) is 5.23. The Balaban J connectivity index is 3.26. The van der Waals surface area contributed by atoms with Crippen molar-refractivity contribution in [3.63, 3.8) is 0 Å². The van der Waals surface area contributed by atoms with Gasteiger partial charge in [-0.05, 0) is 6.54 Å². The van der Waals surface area contributed by atoms with E-state index in [9.17, 15) is 10.1 Å². The van der Waals surface area contributed by atoms with Gasteiger partial charge in [0.25, 0.3) is 0 Å². The first-order valence-corrected chi connectivity index (χ1v) is 2.77. The molecule has 3 N–H and O–H groups in total. The van der Waals surface area contributed by atoms with Crippen LogP contribution in [0.4, 0.5) is 0 Å². The van der Waals surface area contributed by atoms with Crippen LogP contribution in [0.25, 0.3) is 0 Å². The summed E-state index contributed by atoms with van der Waals surface area (Å²) < 4.78 is 0. The number of nitrogens with two attached hydrogens (primary N) is 1. The molecule has 5 nitrogen and oxygen atoms in total. The summed E-state index contributed by atoms with van der Waals surface area (Å²) in [6.45, 7) is 2.29. The van der Waals surface area contributed by atoms with E-state index in [0.29, 0.717) is 6.54 Å². The number of nitrogens with zero attached hydrogens (tertiary/aromatic N) is 1. The maximum Gasteiger partial charge on any atom is 0.231 e. The normalized spacial score (nSPS) is 13.1. The van der Waals surface area contributed by atoms with E-state index in [-0.39, 0.29) is 6.54 Å². The van der Waals surface area contributed by atoms with Gasteiger partial charge in [0.1, 0.15) is 6.17 Å². The quantitative estimate of drug-likeness (QED) is 0.297. The Morgan fingerprint density at radius 3 is 2.78 bits per heavy atom. The van der Waals surface area contributed by atoms with Crippen molar-refractivity contribution in [2.75, 3.05) is 13.1 Å². The van der Waals surface area contributed by atoms with Crippen LogP contribution in [0.15, 0.2) is 0 Å². The molecule has 9 heavy (non-hydrogen) atoms. The van der Waals surface area contributed by atoms with Gasteiger partial charge in [-0.2, -0.15) is 0 Å². The molecule has 0 heterocycles. The van der Waals surface area contributed by atoms with Crippen molar-refractivity contribution in [1.29, 1.82) is 0 Å². The summed E-state index contributed by atoms with van der Waals surface area (Å²) >= 11 is 0. The fourth-order valence-electron chi connectivity index (χ4n) is 0.487. The van der Waals surface area contributed by atoms with Crippen LogP contribution in [0.5, 0.6) is 0 Å².